The topological polar surface area (TPSA) is 110 Å². The van der Waals surface area contributed by atoms with Gasteiger partial charge in [-0.25, -0.2) is 13.2 Å². The number of hydrogen-bond donors (Lipinski definition) is 2. The van der Waals surface area contributed by atoms with Crippen LogP contribution in [0.3, 0.4) is 0 Å². The Kier molecular flexibility index (Phi) is 6.12. The number of halogens is 2. The van der Waals surface area contributed by atoms with Gasteiger partial charge < -0.3 is 9.84 Å². The van der Waals surface area contributed by atoms with Crippen molar-refractivity contribution >= 4 is 33.0 Å². The van der Waals surface area contributed by atoms with Crippen LogP contribution in [0.15, 0.2) is 41.3 Å². The molecule has 0 saturated carbocycles. The third kappa shape index (κ3) is 4.58. The highest BCUT2D eigenvalue weighted by Gasteiger charge is 2.30. The standard InChI is InChI=1S/C21H19F2NO6S/c1-11-9-13-7-8-17(25)19(15(13)10-18(11)30-21(22)23)12(2)31(28,29)24-16-6-4-3-5-14(16)20(26)27/h3-6,9-10,21,24H,7-8H2,1-2H3,(H,26,27)/b19-12-. The van der Waals surface area contributed by atoms with Crippen molar-refractivity contribution in [3.63, 3.8) is 0 Å². The van der Waals surface area contributed by atoms with Crippen LogP contribution in [-0.2, 0) is 21.2 Å². The maximum atomic E-state index is 13.0. The number of carbonyl (C=O) groups is 2. The number of ether oxygens (including phenoxy) is 1. The Morgan fingerprint density at radius 2 is 1.87 bits per heavy atom. The number of nitrogens with one attached hydrogen (secondary N) is 1. The lowest BCUT2D eigenvalue weighted by Gasteiger charge is -2.23. The van der Waals surface area contributed by atoms with Crippen molar-refractivity contribution in [2.75, 3.05) is 4.72 Å². The number of carbonyl (C=O) groups excluding carboxylic acids is 1. The number of carboxylic acids is 1. The van der Waals surface area contributed by atoms with E-state index in [0.717, 1.165) is 0 Å². The number of aromatic carboxylic acids is 1. The molecule has 2 aromatic rings. The molecular weight excluding hydrogens is 432 g/mol. The molecular formula is C21H19F2NO6S. The van der Waals surface area contributed by atoms with Crippen LogP contribution >= 0.6 is 0 Å². The molecule has 0 unspecified atom stereocenters. The van der Waals surface area contributed by atoms with Gasteiger partial charge in [0, 0.05) is 12.0 Å². The average Bonchev–Trinajstić information content (AvgIpc) is 2.68. The van der Waals surface area contributed by atoms with Gasteiger partial charge in [0.2, 0.25) is 0 Å². The molecule has 0 fully saturated rings. The number of Topliss-reactive ketones (excluding diaryl/α,β-unsaturated/α-hetero) is 1. The zero-order valence-electron chi connectivity index (χ0n) is 16.6. The first kappa shape index (κ1) is 22.4. The number of carboxylic acid groups (broad SMARTS) is 1. The lowest BCUT2D eigenvalue weighted by Crippen LogP contribution is -2.21. The second-order valence-corrected chi connectivity index (χ2v) is 8.79. The molecule has 1 aliphatic rings. The molecule has 2 aromatic carbocycles. The van der Waals surface area contributed by atoms with Crippen LogP contribution in [0, 0.1) is 6.92 Å². The molecule has 0 heterocycles. The van der Waals surface area contributed by atoms with E-state index in [1.54, 1.807) is 13.0 Å². The SMILES string of the molecule is C/C(=C1/C(=O)CCc2cc(C)c(OC(F)F)cc21)S(=O)(=O)Nc1ccccc1C(=O)O. The highest BCUT2D eigenvalue weighted by atomic mass is 32.2. The molecule has 1 aliphatic carbocycles. The fourth-order valence-corrected chi connectivity index (χ4v) is 4.55. The number of rotatable bonds is 6. The Morgan fingerprint density at radius 3 is 2.52 bits per heavy atom. The Bertz CT molecular complexity index is 1200. The number of ketones is 1. The van der Waals surface area contributed by atoms with Crippen molar-refractivity contribution in [2.45, 2.75) is 33.3 Å². The van der Waals surface area contributed by atoms with Crippen molar-refractivity contribution in [3.05, 3.63) is 63.6 Å². The lowest BCUT2D eigenvalue weighted by atomic mass is 9.85. The first-order chi connectivity index (χ1) is 14.5. The number of anilines is 1. The van der Waals surface area contributed by atoms with Gasteiger partial charge in [0.05, 0.1) is 16.2 Å². The zero-order chi connectivity index (χ0) is 22.9. The van der Waals surface area contributed by atoms with Gasteiger partial charge in [-0.05, 0) is 55.2 Å². The van der Waals surface area contributed by atoms with Gasteiger partial charge in [0.25, 0.3) is 10.0 Å². The lowest BCUT2D eigenvalue weighted by molar-refractivity contribution is -0.113. The molecule has 7 nitrogen and oxygen atoms in total. The predicted octanol–water partition coefficient (Wildman–Crippen LogP) is 3.98. The average molecular weight is 451 g/mol. The van der Waals surface area contributed by atoms with Crippen molar-refractivity contribution in [3.8, 4) is 5.75 Å². The van der Waals surface area contributed by atoms with E-state index in [2.05, 4.69) is 9.46 Å². The molecule has 0 aromatic heterocycles. The summed E-state index contributed by atoms with van der Waals surface area (Å²) in [5.41, 5.74) is 0.704. The number of benzene rings is 2. The van der Waals surface area contributed by atoms with E-state index in [-0.39, 0.29) is 39.5 Å². The smallest absolute Gasteiger partial charge is 0.387 e. The van der Waals surface area contributed by atoms with Crippen LogP contribution in [-0.4, -0.2) is 31.9 Å². The maximum Gasteiger partial charge on any atom is 0.387 e. The van der Waals surface area contributed by atoms with Crippen molar-refractivity contribution in [1.82, 2.24) is 0 Å². The van der Waals surface area contributed by atoms with E-state index < -0.39 is 28.4 Å². The molecule has 31 heavy (non-hydrogen) atoms. The molecule has 0 atom stereocenters. The molecule has 3 rings (SSSR count). The number of fused-ring (bicyclic) bond motifs is 1. The fraction of sp³-hybridized carbons (Fsp3) is 0.238. The van der Waals surface area contributed by atoms with Gasteiger partial charge in [-0.2, -0.15) is 8.78 Å². The normalized spacial score (nSPS) is 15.5. The Morgan fingerprint density at radius 1 is 1.19 bits per heavy atom. The minimum atomic E-state index is -4.33. The summed E-state index contributed by atoms with van der Waals surface area (Å²) in [5.74, 6) is -1.95. The molecule has 2 N–H and O–H groups in total. The van der Waals surface area contributed by atoms with Gasteiger partial charge in [-0.1, -0.05) is 18.2 Å². The third-order valence-corrected chi connectivity index (χ3v) is 6.44. The summed E-state index contributed by atoms with van der Waals surface area (Å²) in [4.78, 5) is 23.7. The summed E-state index contributed by atoms with van der Waals surface area (Å²) in [5, 5.41) is 9.27. The van der Waals surface area contributed by atoms with E-state index in [9.17, 15) is 31.9 Å². The molecule has 10 heteroatoms. The molecule has 0 aliphatic heterocycles. The van der Waals surface area contributed by atoms with Crippen molar-refractivity contribution < 1.29 is 36.6 Å². The summed E-state index contributed by atoms with van der Waals surface area (Å²) < 4.78 is 58.2. The molecule has 0 bridgehead atoms. The van der Waals surface area contributed by atoms with E-state index in [1.807, 2.05) is 0 Å². The minimum absolute atomic E-state index is 0.0510. The van der Waals surface area contributed by atoms with Gasteiger partial charge in [-0.15, -0.1) is 0 Å². The quantitative estimate of drug-likeness (QED) is 0.643. The Balaban J connectivity index is 2.13. The van der Waals surface area contributed by atoms with Crippen LogP contribution in [0.2, 0.25) is 0 Å². The fourth-order valence-electron chi connectivity index (χ4n) is 3.43. The number of aryl methyl sites for hydroxylation is 2. The number of sulfonamides is 1. The summed E-state index contributed by atoms with van der Waals surface area (Å²) in [6.07, 6.45) is 0.380. The van der Waals surface area contributed by atoms with Gasteiger partial charge >= 0.3 is 12.6 Å². The van der Waals surface area contributed by atoms with Crippen molar-refractivity contribution in [1.29, 1.82) is 0 Å². The highest BCUT2D eigenvalue weighted by molar-refractivity contribution is 7.96. The number of alkyl halides is 2. The van der Waals surface area contributed by atoms with E-state index >= 15 is 0 Å². The van der Waals surface area contributed by atoms with Crippen LogP contribution < -0.4 is 9.46 Å². The number of hydrogen-bond acceptors (Lipinski definition) is 5. The predicted molar refractivity (Wildman–Crippen MR) is 110 cm³/mol. The minimum Gasteiger partial charge on any atom is -0.478 e. The van der Waals surface area contributed by atoms with E-state index in [1.165, 1.54) is 37.3 Å². The number of para-hydroxylation sites is 1. The monoisotopic (exact) mass is 451 g/mol. The summed E-state index contributed by atoms with van der Waals surface area (Å²) >= 11 is 0. The maximum absolute atomic E-state index is 13.0. The van der Waals surface area contributed by atoms with E-state index in [0.29, 0.717) is 17.5 Å². The molecule has 164 valence electrons. The van der Waals surface area contributed by atoms with Crippen LogP contribution in [0.1, 0.15) is 40.4 Å². The van der Waals surface area contributed by atoms with Gasteiger partial charge in [-0.3, -0.25) is 9.52 Å². The molecule has 0 radical (unpaired) electrons. The van der Waals surface area contributed by atoms with Crippen LogP contribution in [0.25, 0.3) is 5.57 Å². The highest BCUT2D eigenvalue weighted by Crippen LogP contribution is 2.37. The molecule has 0 spiro atoms. The zero-order valence-corrected chi connectivity index (χ0v) is 17.4. The van der Waals surface area contributed by atoms with Gasteiger partial charge in [0.15, 0.2) is 5.78 Å². The first-order valence-corrected chi connectivity index (χ1v) is 10.7. The largest absolute Gasteiger partial charge is 0.478 e. The number of allylic oxidation sites excluding steroid dienone is 2. The van der Waals surface area contributed by atoms with Crippen LogP contribution in [0.5, 0.6) is 5.75 Å². The first-order valence-electron chi connectivity index (χ1n) is 9.19. The van der Waals surface area contributed by atoms with Crippen molar-refractivity contribution in [2.24, 2.45) is 0 Å². The van der Waals surface area contributed by atoms with Gasteiger partial charge in [0.1, 0.15) is 5.75 Å². The Labute approximate surface area is 177 Å². The summed E-state index contributed by atoms with van der Waals surface area (Å²) in [6, 6.07) is 8.26. The third-order valence-electron chi connectivity index (χ3n) is 4.94. The second kappa shape index (κ2) is 8.46. The summed E-state index contributed by atoms with van der Waals surface area (Å²) in [7, 11) is -4.33. The Hall–Kier alpha value is -3.27. The second-order valence-electron chi connectivity index (χ2n) is 6.96. The van der Waals surface area contributed by atoms with Crippen LogP contribution in [0.4, 0.5) is 14.5 Å². The van der Waals surface area contributed by atoms with E-state index in [4.69, 9.17) is 0 Å². The summed E-state index contributed by atoms with van der Waals surface area (Å²) in [6.45, 7) is -0.296. The molecule has 0 amide bonds. The molecule has 0 saturated heterocycles.